The molecule has 110 valence electrons. The Labute approximate surface area is 132 Å². The SMILES string of the molecule is CCc1ccc(CN(C)Cc2cccc(C(N)=S)c2)cc1. The van der Waals surface area contributed by atoms with Crippen molar-refractivity contribution >= 4 is 17.2 Å². The second-order valence-electron chi connectivity index (χ2n) is 5.41. The predicted octanol–water partition coefficient (Wildman–Crippen LogP) is 3.52. The van der Waals surface area contributed by atoms with Gasteiger partial charge in [0.05, 0.1) is 0 Å². The van der Waals surface area contributed by atoms with Crippen LogP contribution in [-0.2, 0) is 19.5 Å². The molecule has 0 bridgehead atoms. The number of aryl methyl sites for hydroxylation is 1. The van der Waals surface area contributed by atoms with Crippen molar-refractivity contribution in [2.24, 2.45) is 5.73 Å². The van der Waals surface area contributed by atoms with Crippen molar-refractivity contribution in [1.82, 2.24) is 4.90 Å². The highest BCUT2D eigenvalue weighted by Gasteiger charge is 2.04. The van der Waals surface area contributed by atoms with Gasteiger partial charge in [0.25, 0.3) is 0 Å². The van der Waals surface area contributed by atoms with E-state index in [1.165, 1.54) is 16.7 Å². The molecule has 0 spiro atoms. The minimum Gasteiger partial charge on any atom is -0.389 e. The Bertz CT molecular complexity index is 605. The molecule has 0 aliphatic rings. The van der Waals surface area contributed by atoms with E-state index in [4.69, 9.17) is 18.0 Å². The zero-order valence-electron chi connectivity index (χ0n) is 12.7. The second kappa shape index (κ2) is 7.34. The van der Waals surface area contributed by atoms with Gasteiger partial charge in [0.15, 0.2) is 0 Å². The van der Waals surface area contributed by atoms with Crippen LogP contribution in [0.3, 0.4) is 0 Å². The van der Waals surface area contributed by atoms with Crippen LogP contribution in [-0.4, -0.2) is 16.9 Å². The Morgan fingerprint density at radius 1 is 1.00 bits per heavy atom. The largest absolute Gasteiger partial charge is 0.389 e. The smallest absolute Gasteiger partial charge is 0.103 e. The highest BCUT2D eigenvalue weighted by Crippen LogP contribution is 2.11. The minimum absolute atomic E-state index is 0.453. The fourth-order valence-corrected chi connectivity index (χ4v) is 2.51. The van der Waals surface area contributed by atoms with Crippen molar-refractivity contribution in [1.29, 1.82) is 0 Å². The van der Waals surface area contributed by atoms with Gasteiger partial charge in [-0.25, -0.2) is 0 Å². The molecular formula is C18H22N2S. The second-order valence-corrected chi connectivity index (χ2v) is 5.85. The Balaban J connectivity index is 1.98. The molecule has 2 rings (SSSR count). The summed E-state index contributed by atoms with van der Waals surface area (Å²) in [7, 11) is 2.13. The Morgan fingerprint density at radius 2 is 1.62 bits per heavy atom. The molecule has 0 saturated carbocycles. The molecule has 0 unspecified atom stereocenters. The lowest BCUT2D eigenvalue weighted by atomic mass is 10.1. The first-order valence-electron chi connectivity index (χ1n) is 7.23. The van der Waals surface area contributed by atoms with Crippen molar-refractivity contribution in [2.75, 3.05) is 7.05 Å². The number of rotatable bonds is 6. The summed E-state index contributed by atoms with van der Waals surface area (Å²) in [5.74, 6) is 0. The van der Waals surface area contributed by atoms with Crippen LogP contribution in [0.4, 0.5) is 0 Å². The van der Waals surface area contributed by atoms with E-state index in [1.807, 2.05) is 12.1 Å². The summed E-state index contributed by atoms with van der Waals surface area (Å²) in [6, 6.07) is 17.0. The van der Waals surface area contributed by atoms with E-state index in [2.05, 4.69) is 55.3 Å². The first kappa shape index (κ1) is 15.7. The van der Waals surface area contributed by atoms with E-state index in [-0.39, 0.29) is 0 Å². The predicted molar refractivity (Wildman–Crippen MR) is 93.3 cm³/mol. The fourth-order valence-electron chi connectivity index (χ4n) is 2.38. The van der Waals surface area contributed by atoms with Gasteiger partial charge < -0.3 is 5.73 Å². The summed E-state index contributed by atoms with van der Waals surface area (Å²) in [6.45, 7) is 3.99. The van der Waals surface area contributed by atoms with Gasteiger partial charge in [-0.05, 0) is 36.2 Å². The maximum atomic E-state index is 5.68. The number of thiocarbonyl (C=S) groups is 1. The molecule has 0 aliphatic carbocycles. The molecule has 0 saturated heterocycles. The lowest BCUT2D eigenvalue weighted by Gasteiger charge is -2.17. The summed E-state index contributed by atoms with van der Waals surface area (Å²) in [6.07, 6.45) is 1.09. The van der Waals surface area contributed by atoms with Crippen molar-refractivity contribution in [3.05, 3.63) is 70.8 Å². The fraction of sp³-hybridized carbons (Fsp3) is 0.278. The Hall–Kier alpha value is -1.71. The number of nitrogens with two attached hydrogens (primary N) is 1. The molecule has 3 heteroatoms. The normalized spacial score (nSPS) is 10.8. The molecule has 0 aromatic heterocycles. The van der Waals surface area contributed by atoms with Gasteiger partial charge in [0.2, 0.25) is 0 Å². The summed E-state index contributed by atoms with van der Waals surface area (Å²) >= 11 is 5.03. The third kappa shape index (κ3) is 4.66. The van der Waals surface area contributed by atoms with E-state index in [9.17, 15) is 0 Å². The third-order valence-corrected chi connectivity index (χ3v) is 3.78. The van der Waals surface area contributed by atoms with Gasteiger partial charge >= 0.3 is 0 Å². The number of nitrogens with zero attached hydrogens (tertiary/aromatic N) is 1. The third-order valence-electron chi connectivity index (χ3n) is 3.55. The summed E-state index contributed by atoms with van der Waals surface area (Å²) < 4.78 is 0. The van der Waals surface area contributed by atoms with E-state index >= 15 is 0 Å². The first-order valence-corrected chi connectivity index (χ1v) is 7.64. The zero-order chi connectivity index (χ0) is 15.2. The molecule has 0 atom stereocenters. The van der Waals surface area contributed by atoms with Crippen LogP contribution in [0.15, 0.2) is 48.5 Å². The molecule has 0 fully saturated rings. The van der Waals surface area contributed by atoms with Crippen LogP contribution in [0.5, 0.6) is 0 Å². The molecule has 2 aromatic carbocycles. The molecule has 0 heterocycles. The molecule has 2 aromatic rings. The molecule has 0 aliphatic heterocycles. The van der Waals surface area contributed by atoms with Crippen molar-refractivity contribution in [3.63, 3.8) is 0 Å². The van der Waals surface area contributed by atoms with E-state index in [0.717, 1.165) is 25.1 Å². The Kier molecular flexibility index (Phi) is 5.48. The average molecular weight is 298 g/mol. The summed E-state index contributed by atoms with van der Waals surface area (Å²) in [5.41, 5.74) is 10.6. The quantitative estimate of drug-likeness (QED) is 0.828. The van der Waals surface area contributed by atoms with E-state index < -0.39 is 0 Å². The lowest BCUT2D eigenvalue weighted by Crippen LogP contribution is -2.18. The highest BCUT2D eigenvalue weighted by atomic mass is 32.1. The van der Waals surface area contributed by atoms with Crippen LogP contribution in [0.25, 0.3) is 0 Å². The number of hydrogen-bond acceptors (Lipinski definition) is 2. The van der Waals surface area contributed by atoms with E-state index in [0.29, 0.717) is 4.99 Å². The first-order chi connectivity index (χ1) is 10.1. The maximum Gasteiger partial charge on any atom is 0.103 e. The summed E-state index contributed by atoms with van der Waals surface area (Å²) in [5, 5.41) is 0. The average Bonchev–Trinajstić information content (AvgIpc) is 2.48. The van der Waals surface area contributed by atoms with Crippen LogP contribution in [0, 0.1) is 0 Å². The van der Waals surface area contributed by atoms with Gasteiger partial charge in [-0.2, -0.15) is 0 Å². The standard InChI is InChI=1S/C18H22N2S/c1-3-14-7-9-15(10-8-14)12-20(2)13-16-5-4-6-17(11-16)18(19)21/h4-11H,3,12-13H2,1-2H3,(H2,19,21). The summed E-state index contributed by atoms with van der Waals surface area (Å²) in [4.78, 5) is 2.74. The minimum atomic E-state index is 0.453. The number of benzene rings is 2. The van der Waals surface area contributed by atoms with Crippen LogP contribution >= 0.6 is 12.2 Å². The van der Waals surface area contributed by atoms with E-state index in [1.54, 1.807) is 0 Å². The number of hydrogen-bond donors (Lipinski definition) is 1. The van der Waals surface area contributed by atoms with Crippen LogP contribution in [0.2, 0.25) is 0 Å². The monoisotopic (exact) mass is 298 g/mol. The molecule has 0 amide bonds. The van der Waals surface area contributed by atoms with Crippen LogP contribution < -0.4 is 5.73 Å². The molecule has 2 nitrogen and oxygen atoms in total. The van der Waals surface area contributed by atoms with Gasteiger partial charge in [0, 0.05) is 18.7 Å². The highest BCUT2D eigenvalue weighted by molar-refractivity contribution is 7.80. The molecule has 0 radical (unpaired) electrons. The van der Waals surface area contributed by atoms with Gasteiger partial charge in [-0.15, -0.1) is 0 Å². The maximum absolute atomic E-state index is 5.68. The van der Waals surface area contributed by atoms with Crippen molar-refractivity contribution in [2.45, 2.75) is 26.4 Å². The molecule has 2 N–H and O–H groups in total. The van der Waals surface area contributed by atoms with Gasteiger partial charge in [0.1, 0.15) is 4.99 Å². The zero-order valence-corrected chi connectivity index (χ0v) is 13.5. The van der Waals surface area contributed by atoms with Gasteiger partial charge in [-0.3, -0.25) is 4.90 Å². The molecular weight excluding hydrogens is 276 g/mol. The Morgan fingerprint density at radius 3 is 2.24 bits per heavy atom. The lowest BCUT2D eigenvalue weighted by molar-refractivity contribution is 0.319. The van der Waals surface area contributed by atoms with Crippen molar-refractivity contribution < 1.29 is 0 Å². The van der Waals surface area contributed by atoms with Gasteiger partial charge in [-0.1, -0.05) is 61.6 Å². The molecule has 21 heavy (non-hydrogen) atoms. The topological polar surface area (TPSA) is 29.3 Å². The van der Waals surface area contributed by atoms with Crippen molar-refractivity contribution in [3.8, 4) is 0 Å². The van der Waals surface area contributed by atoms with Crippen LogP contribution in [0.1, 0.15) is 29.2 Å².